The van der Waals surface area contributed by atoms with Gasteiger partial charge in [-0.25, -0.2) is 24.1 Å². The number of nitrogen functional groups attached to an aromatic ring is 1. The zero-order valence-corrected chi connectivity index (χ0v) is 30.9. The molecule has 26 heteroatoms. The van der Waals surface area contributed by atoms with Crippen molar-refractivity contribution < 1.29 is 90.1 Å². The predicted molar refractivity (Wildman–Crippen MR) is 171 cm³/mol. The second-order valence-electron chi connectivity index (χ2n) is 11.5. The number of ether oxygens (including phenoxy) is 6. The van der Waals surface area contributed by atoms with Gasteiger partial charge in [0.05, 0.1) is 19.5 Å². The number of rotatable bonds is 19. The lowest BCUT2D eigenvalue weighted by Gasteiger charge is -2.37. The summed E-state index contributed by atoms with van der Waals surface area (Å²) >= 11 is 0. The van der Waals surface area contributed by atoms with Crippen molar-refractivity contribution in [2.75, 3.05) is 26.1 Å². The molecule has 53 heavy (non-hydrogen) atoms. The number of nitrogens with zero attached hydrogens (tertiary/aromatic N) is 4. The van der Waals surface area contributed by atoms with Crippen molar-refractivity contribution in [3.63, 3.8) is 0 Å². The summed E-state index contributed by atoms with van der Waals surface area (Å²) in [5.74, 6) is -4.40. The van der Waals surface area contributed by atoms with E-state index in [1.165, 1.54) is 17.8 Å². The highest BCUT2D eigenvalue weighted by Gasteiger charge is 2.50. The van der Waals surface area contributed by atoms with Crippen molar-refractivity contribution in [3.8, 4) is 0 Å². The molecule has 0 spiro atoms. The van der Waals surface area contributed by atoms with Crippen LogP contribution < -0.4 is 5.73 Å². The van der Waals surface area contributed by atoms with Gasteiger partial charge in [0.2, 0.25) is 6.29 Å². The van der Waals surface area contributed by atoms with E-state index in [9.17, 15) is 48.3 Å². The molecular weight excluding hydrogens is 760 g/mol. The third-order valence-electron chi connectivity index (χ3n) is 7.34. The maximum atomic E-state index is 13.1. The van der Waals surface area contributed by atoms with Crippen LogP contribution in [0.4, 0.5) is 5.82 Å². The zero-order chi connectivity index (χ0) is 39.8. The van der Waals surface area contributed by atoms with E-state index in [0.717, 1.165) is 41.1 Å². The zero-order valence-electron chi connectivity index (χ0n) is 29.1. The lowest BCUT2D eigenvalue weighted by molar-refractivity contribution is -0.223. The molecule has 24 nitrogen and oxygen atoms in total. The molecule has 6 N–H and O–H groups in total. The van der Waals surface area contributed by atoms with Crippen LogP contribution in [0.25, 0.3) is 11.2 Å². The number of carbonyl (C=O) groups is 4. The average Bonchev–Trinajstić information content (AvgIpc) is 3.59. The van der Waals surface area contributed by atoms with Gasteiger partial charge < -0.3 is 54.2 Å². The van der Waals surface area contributed by atoms with Gasteiger partial charge in [-0.3, -0.25) is 32.8 Å². The molecule has 3 rings (SSSR count). The number of phosphoric ester groups is 2. The van der Waals surface area contributed by atoms with E-state index in [0.29, 0.717) is 0 Å². The molecule has 3 heterocycles. The van der Waals surface area contributed by atoms with Gasteiger partial charge >= 0.3 is 39.5 Å². The molecule has 1 aliphatic rings. The Balaban J connectivity index is 1.79. The van der Waals surface area contributed by atoms with Gasteiger partial charge in [0.25, 0.3) is 0 Å². The lowest BCUT2D eigenvalue weighted by Crippen LogP contribution is -2.53. The molecule has 1 saturated heterocycles. The van der Waals surface area contributed by atoms with Gasteiger partial charge in [-0.1, -0.05) is 6.92 Å². The third kappa shape index (κ3) is 12.2. The SMILES string of the molecule is COC(OP(=O)(O)OP(=O)(O)OCC1OC(n2cnc3c(N)ncnc32)C(O)C1O)C(OC(C)=O)C(OC(C)=O)C(OC(C)=O)C(C)CCOC(C)=O. The minimum absolute atomic E-state index is 0.00627. The number of nitrogens with two attached hydrogens (primary N) is 1. The van der Waals surface area contributed by atoms with Gasteiger partial charge in [0, 0.05) is 40.7 Å². The van der Waals surface area contributed by atoms with Crippen molar-refractivity contribution in [2.45, 2.75) is 90.2 Å². The van der Waals surface area contributed by atoms with E-state index in [2.05, 4.69) is 19.3 Å². The summed E-state index contributed by atoms with van der Waals surface area (Å²) < 4.78 is 72.7. The number of anilines is 1. The number of hydrogen-bond acceptors (Lipinski definition) is 21. The molecule has 2 aromatic rings. The number of fused-ring (bicyclic) bond motifs is 1. The molecule has 11 unspecified atom stereocenters. The molecule has 1 fully saturated rings. The summed E-state index contributed by atoms with van der Waals surface area (Å²) in [6.07, 6.45) is -11.5. The van der Waals surface area contributed by atoms with Crippen LogP contribution in [0.15, 0.2) is 12.7 Å². The highest BCUT2D eigenvalue weighted by molar-refractivity contribution is 7.61. The lowest BCUT2D eigenvalue weighted by atomic mass is 9.92. The van der Waals surface area contributed by atoms with Crippen molar-refractivity contribution in [3.05, 3.63) is 12.7 Å². The van der Waals surface area contributed by atoms with E-state index in [1.54, 1.807) is 0 Å². The van der Waals surface area contributed by atoms with Crippen LogP contribution in [0.2, 0.25) is 0 Å². The van der Waals surface area contributed by atoms with E-state index in [4.69, 9.17) is 43.2 Å². The largest absolute Gasteiger partial charge is 0.483 e. The van der Waals surface area contributed by atoms with E-state index < -0.39 is 101 Å². The fraction of sp³-hybridized carbons (Fsp3) is 0.667. The summed E-state index contributed by atoms with van der Waals surface area (Å²) in [5.41, 5.74) is 6.05. The molecule has 2 aromatic heterocycles. The average molecular weight is 802 g/mol. The minimum Gasteiger partial charge on any atom is -0.466 e. The number of aliphatic hydroxyl groups excluding tert-OH is 2. The van der Waals surface area contributed by atoms with Gasteiger partial charge in [-0.2, -0.15) is 4.31 Å². The number of aliphatic hydroxyl groups is 2. The molecule has 1 aliphatic heterocycles. The van der Waals surface area contributed by atoms with Crippen LogP contribution in [0.3, 0.4) is 0 Å². The maximum absolute atomic E-state index is 13.1. The van der Waals surface area contributed by atoms with E-state index >= 15 is 0 Å². The van der Waals surface area contributed by atoms with Crippen molar-refractivity contribution >= 4 is 56.5 Å². The normalized spacial score (nSPS) is 23.8. The van der Waals surface area contributed by atoms with Crippen LogP contribution in [-0.4, -0.2) is 127 Å². The minimum atomic E-state index is -5.79. The topological polar surface area (TPSA) is 336 Å². The Kier molecular flexibility index (Phi) is 15.3. The summed E-state index contributed by atoms with van der Waals surface area (Å²) in [4.78, 5) is 80.4. The first-order valence-corrected chi connectivity index (χ1v) is 18.5. The molecule has 0 radical (unpaired) electrons. The van der Waals surface area contributed by atoms with Crippen LogP contribution in [0, 0.1) is 5.92 Å². The number of methoxy groups -OCH3 is 1. The second-order valence-corrected chi connectivity index (χ2v) is 14.5. The summed E-state index contributed by atoms with van der Waals surface area (Å²) in [6, 6.07) is 0. The highest BCUT2D eigenvalue weighted by Crippen LogP contribution is 2.61. The third-order valence-corrected chi connectivity index (χ3v) is 9.94. The molecular formula is C27H41N5O19P2. The van der Waals surface area contributed by atoms with Crippen LogP contribution in [-0.2, 0) is 70.1 Å². The number of esters is 4. The fourth-order valence-electron chi connectivity index (χ4n) is 5.10. The number of aromatic nitrogens is 4. The van der Waals surface area contributed by atoms with Crippen molar-refractivity contribution in [1.29, 1.82) is 0 Å². The highest BCUT2D eigenvalue weighted by atomic mass is 31.3. The van der Waals surface area contributed by atoms with Crippen LogP contribution >= 0.6 is 15.6 Å². The van der Waals surface area contributed by atoms with Gasteiger partial charge in [-0.05, 0) is 6.42 Å². The summed E-state index contributed by atoms with van der Waals surface area (Å²) in [6.45, 7) is 4.33. The van der Waals surface area contributed by atoms with Crippen LogP contribution in [0.1, 0.15) is 47.3 Å². The summed E-state index contributed by atoms with van der Waals surface area (Å²) in [7, 11) is -10.5. The number of imidazole rings is 1. The standard InChI is InChI=1S/C27H41N5O19P2/c1-12(7-8-44-13(2)33)21(46-14(3)34)22(47-15(4)35)23(48-16(5)36)27(43-6)50-53(41,42)51-52(39,40)45-9-17-19(37)20(38)26(49-17)32-11-31-18-24(28)29-10-30-25(18)32/h10-12,17,19-23,26-27,37-38H,7-9H2,1-6H3,(H,39,40)(H,41,42)(H2,28,29,30). The summed E-state index contributed by atoms with van der Waals surface area (Å²) in [5, 5.41) is 21.2. The Morgan fingerprint density at radius 3 is 2.09 bits per heavy atom. The molecule has 11 atom stereocenters. The van der Waals surface area contributed by atoms with Gasteiger partial charge in [-0.15, -0.1) is 0 Å². The number of phosphoric acid groups is 2. The Hall–Kier alpha value is -3.67. The monoisotopic (exact) mass is 801 g/mol. The fourth-order valence-corrected chi connectivity index (χ4v) is 7.29. The van der Waals surface area contributed by atoms with E-state index in [-0.39, 0.29) is 30.0 Å². The molecule has 298 valence electrons. The van der Waals surface area contributed by atoms with Gasteiger partial charge in [0.15, 0.2) is 29.9 Å². The molecule has 0 aliphatic carbocycles. The first kappa shape index (κ1) is 43.7. The Bertz CT molecular complexity index is 1710. The number of hydrogen-bond donors (Lipinski definition) is 5. The van der Waals surface area contributed by atoms with E-state index in [1.807, 2.05) is 0 Å². The Morgan fingerprint density at radius 1 is 0.906 bits per heavy atom. The molecule has 0 saturated carbocycles. The first-order chi connectivity index (χ1) is 24.7. The van der Waals surface area contributed by atoms with Crippen molar-refractivity contribution in [2.24, 2.45) is 5.92 Å². The first-order valence-electron chi connectivity index (χ1n) is 15.5. The molecule has 0 bridgehead atoms. The Morgan fingerprint density at radius 2 is 1.51 bits per heavy atom. The predicted octanol–water partition coefficient (Wildman–Crippen LogP) is -0.365. The smallest absolute Gasteiger partial charge is 0.466 e. The Labute approximate surface area is 300 Å². The van der Waals surface area contributed by atoms with Crippen LogP contribution in [0.5, 0.6) is 0 Å². The second kappa shape index (κ2) is 18.6. The molecule has 0 amide bonds. The number of carbonyl (C=O) groups excluding carboxylic acids is 4. The maximum Gasteiger partial charge on any atom is 0.483 e. The molecule has 0 aromatic carbocycles. The van der Waals surface area contributed by atoms with Gasteiger partial charge in [0.1, 0.15) is 36.3 Å². The quantitative estimate of drug-likeness (QED) is 0.0524. The van der Waals surface area contributed by atoms with Crippen molar-refractivity contribution in [1.82, 2.24) is 19.5 Å².